The number of nitrogens with zero attached hydrogens (tertiary/aromatic N) is 3. The fraction of sp³-hybridized carbons (Fsp3) is 0.650. The number of rotatable bonds is 4. The summed E-state index contributed by atoms with van der Waals surface area (Å²) in [5, 5.41) is 4.60. The van der Waals surface area contributed by atoms with Crippen LogP contribution in [0.25, 0.3) is 10.2 Å². The molecule has 1 saturated heterocycles. The smallest absolute Gasteiger partial charge is 0.241 e. The van der Waals surface area contributed by atoms with Gasteiger partial charge in [0, 0.05) is 23.9 Å². The van der Waals surface area contributed by atoms with Crippen molar-refractivity contribution in [2.45, 2.75) is 63.7 Å². The first-order valence-corrected chi connectivity index (χ1v) is 10.9. The van der Waals surface area contributed by atoms with Gasteiger partial charge in [-0.1, -0.05) is 0 Å². The van der Waals surface area contributed by atoms with Gasteiger partial charge in [0.05, 0.1) is 11.9 Å². The molecule has 2 aromatic heterocycles. The van der Waals surface area contributed by atoms with Gasteiger partial charge in [-0.15, -0.1) is 11.3 Å². The van der Waals surface area contributed by atoms with E-state index in [1.54, 1.807) is 0 Å². The van der Waals surface area contributed by atoms with Gasteiger partial charge in [-0.25, -0.2) is 9.97 Å². The van der Waals surface area contributed by atoms with E-state index < -0.39 is 0 Å². The van der Waals surface area contributed by atoms with Crippen LogP contribution in [-0.4, -0.2) is 40.4 Å². The van der Waals surface area contributed by atoms with Crippen molar-refractivity contribution >= 4 is 33.3 Å². The summed E-state index contributed by atoms with van der Waals surface area (Å²) in [4.78, 5) is 27.0. The Labute approximate surface area is 158 Å². The van der Waals surface area contributed by atoms with Gasteiger partial charge in [-0.05, 0) is 63.4 Å². The predicted octanol–water partition coefficient (Wildman–Crippen LogP) is 3.87. The summed E-state index contributed by atoms with van der Waals surface area (Å²) in [6, 6.07) is 0. The number of thiophene rings is 1. The third kappa shape index (κ3) is 3.08. The second kappa shape index (κ2) is 6.80. The lowest BCUT2D eigenvalue weighted by Gasteiger charge is -2.27. The van der Waals surface area contributed by atoms with Crippen molar-refractivity contribution in [2.75, 3.05) is 25.0 Å². The number of aromatic nitrogens is 2. The van der Waals surface area contributed by atoms with Crippen LogP contribution in [0.5, 0.6) is 0 Å². The molecule has 0 radical (unpaired) electrons. The van der Waals surface area contributed by atoms with Crippen LogP contribution in [0.2, 0.25) is 0 Å². The lowest BCUT2D eigenvalue weighted by atomic mass is 9.97. The average molecular weight is 371 g/mol. The summed E-state index contributed by atoms with van der Waals surface area (Å²) in [6.45, 7) is 2.16. The Bertz CT molecular complexity index is 836. The fourth-order valence-corrected chi connectivity index (χ4v) is 5.51. The van der Waals surface area contributed by atoms with Crippen LogP contribution in [-0.2, 0) is 17.6 Å². The van der Waals surface area contributed by atoms with Gasteiger partial charge >= 0.3 is 0 Å². The summed E-state index contributed by atoms with van der Waals surface area (Å²) in [5.74, 6) is 2.61. The number of piperidine rings is 1. The number of anilines is 1. The SMILES string of the molecule is O=C(CNc1nc(C2CC2)nc2sc3c(c12)CCCC3)N1CCCCC1. The zero-order valence-corrected chi connectivity index (χ0v) is 16.0. The molecular weight excluding hydrogens is 344 g/mol. The van der Waals surface area contributed by atoms with Crippen molar-refractivity contribution in [1.82, 2.24) is 14.9 Å². The van der Waals surface area contributed by atoms with Crippen molar-refractivity contribution < 1.29 is 4.79 Å². The number of hydrogen-bond acceptors (Lipinski definition) is 5. The number of carbonyl (C=O) groups excluding carboxylic acids is 1. The molecule has 138 valence electrons. The lowest BCUT2D eigenvalue weighted by Crippen LogP contribution is -2.39. The molecule has 5 nitrogen and oxygen atoms in total. The van der Waals surface area contributed by atoms with Crippen molar-refractivity contribution in [3.05, 3.63) is 16.3 Å². The summed E-state index contributed by atoms with van der Waals surface area (Å²) in [7, 11) is 0. The van der Waals surface area contributed by atoms with Crippen molar-refractivity contribution in [3.63, 3.8) is 0 Å². The topological polar surface area (TPSA) is 58.1 Å². The number of aryl methyl sites for hydroxylation is 2. The standard InChI is InChI=1S/C20H26N4OS/c25-16(24-10-4-1-5-11-24)12-21-19-17-14-6-2-3-7-15(14)26-20(17)23-18(22-19)13-8-9-13/h13H,1-12H2,(H,21,22,23). The Balaban J connectivity index is 1.44. The van der Waals surface area contributed by atoms with Crippen molar-refractivity contribution in [2.24, 2.45) is 0 Å². The average Bonchev–Trinajstić information content (AvgIpc) is 3.47. The number of amides is 1. The van der Waals surface area contributed by atoms with Gasteiger partial charge in [-0.2, -0.15) is 0 Å². The molecule has 0 unspecified atom stereocenters. The van der Waals surface area contributed by atoms with Gasteiger partial charge in [-0.3, -0.25) is 4.79 Å². The van der Waals surface area contributed by atoms with E-state index in [0.29, 0.717) is 12.5 Å². The molecule has 3 heterocycles. The largest absolute Gasteiger partial charge is 0.360 e. The van der Waals surface area contributed by atoms with Crippen molar-refractivity contribution in [3.8, 4) is 0 Å². The third-order valence-corrected chi connectivity index (χ3v) is 7.08. The monoisotopic (exact) mass is 370 g/mol. The molecule has 2 aliphatic carbocycles. The maximum atomic E-state index is 12.6. The number of likely N-dealkylation sites (tertiary alicyclic amines) is 1. The van der Waals surface area contributed by atoms with E-state index in [0.717, 1.165) is 48.8 Å². The Hall–Kier alpha value is -1.69. The van der Waals surface area contributed by atoms with E-state index in [2.05, 4.69) is 5.32 Å². The maximum Gasteiger partial charge on any atom is 0.241 e. The van der Waals surface area contributed by atoms with Gasteiger partial charge in [0.15, 0.2) is 0 Å². The Kier molecular flexibility index (Phi) is 4.31. The van der Waals surface area contributed by atoms with Gasteiger partial charge < -0.3 is 10.2 Å². The molecule has 0 aromatic carbocycles. The molecule has 0 bridgehead atoms. The minimum absolute atomic E-state index is 0.202. The molecule has 3 aliphatic rings. The Morgan fingerprint density at radius 3 is 2.69 bits per heavy atom. The minimum atomic E-state index is 0.202. The van der Waals surface area contributed by atoms with Crippen LogP contribution < -0.4 is 5.32 Å². The summed E-state index contributed by atoms with van der Waals surface area (Å²) in [6.07, 6.45) is 10.7. The maximum absolute atomic E-state index is 12.6. The fourth-order valence-electron chi connectivity index (χ4n) is 4.24. The predicted molar refractivity (Wildman–Crippen MR) is 105 cm³/mol. The molecule has 1 amide bonds. The van der Waals surface area contributed by atoms with E-state index in [9.17, 15) is 4.79 Å². The molecule has 1 saturated carbocycles. The molecule has 1 N–H and O–H groups in total. The summed E-state index contributed by atoms with van der Waals surface area (Å²) >= 11 is 1.85. The van der Waals surface area contributed by atoms with Gasteiger partial charge in [0.25, 0.3) is 0 Å². The van der Waals surface area contributed by atoms with Crippen LogP contribution in [0.15, 0.2) is 0 Å². The van der Waals surface area contributed by atoms with E-state index in [-0.39, 0.29) is 5.91 Å². The minimum Gasteiger partial charge on any atom is -0.360 e. The molecule has 6 heteroatoms. The number of fused-ring (bicyclic) bond motifs is 3. The number of nitrogens with one attached hydrogen (secondary N) is 1. The normalized spacial score (nSPS) is 20.2. The van der Waals surface area contributed by atoms with Crippen LogP contribution in [0.1, 0.15) is 67.1 Å². The molecule has 2 aromatic rings. The Morgan fingerprint density at radius 1 is 1.08 bits per heavy atom. The summed E-state index contributed by atoms with van der Waals surface area (Å²) < 4.78 is 0. The highest BCUT2D eigenvalue weighted by atomic mass is 32.1. The zero-order chi connectivity index (χ0) is 17.5. The van der Waals surface area contributed by atoms with Crippen LogP contribution in [0, 0.1) is 0 Å². The molecule has 1 aliphatic heterocycles. The van der Waals surface area contributed by atoms with E-state index in [4.69, 9.17) is 9.97 Å². The van der Waals surface area contributed by atoms with E-state index in [1.807, 2.05) is 16.2 Å². The molecule has 0 atom stereocenters. The first kappa shape index (κ1) is 16.5. The molecular formula is C20H26N4OS. The number of hydrogen-bond donors (Lipinski definition) is 1. The first-order valence-electron chi connectivity index (χ1n) is 10.1. The highest BCUT2D eigenvalue weighted by Crippen LogP contribution is 2.43. The highest BCUT2D eigenvalue weighted by Gasteiger charge is 2.29. The molecule has 2 fully saturated rings. The third-order valence-electron chi connectivity index (χ3n) is 5.89. The zero-order valence-electron chi connectivity index (χ0n) is 15.2. The second-order valence-corrected chi connectivity index (χ2v) is 8.97. The van der Waals surface area contributed by atoms with Crippen LogP contribution in [0.3, 0.4) is 0 Å². The van der Waals surface area contributed by atoms with Gasteiger partial charge in [0.2, 0.25) is 5.91 Å². The second-order valence-electron chi connectivity index (χ2n) is 7.89. The number of carbonyl (C=O) groups is 1. The lowest BCUT2D eigenvalue weighted by molar-refractivity contribution is -0.130. The molecule has 0 spiro atoms. The first-order chi connectivity index (χ1) is 12.8. The molecule has 26 heavy (non-hydrogen) atoms. The summed E-state index contributed by atoms with van der Waals surface area (Å²) in [5.41, 5.74) is 1.44. The molecule has 5 rings (SSSR count). The van der Waals surface area contributed by atoms with Crippen LogP contribution in [0.4, 0.5) is 5.82 Å². The Morgan fingerprint density at radius 2 is 1.88 bits per heavy atom. The van der Waals surface area contributed by atoms with E-state index >= 15 is 0 Å². The van der Waals surface area contributed by atoms with Crippen LogP contribution >= 0.6 is 11.3 Å². The van der Waals surface area contributed by atoms with Crippen molar-refractivity contribution in [1.29, 1.82) is 0 Å². The van der Waals surface area contributed by atoms with Gasteiger partial charge in [0.1, 0.15) is 16.5 Å². The van der Waals surface area contributed by atoms with E-state index in [1.165, 1.54) is 54.4 Å². The quantitative estimate of drug-likeness (QED) is 0.887. The highest BCUT2D eigenvalue weighted by molar-refractivity contribution is 7.19.